The van der Waals surface area contributed by atoms with Gasteiger partial charge in [-0.25, -0.2) is 4.98 Å². The predicted molar refractivity (Wildman–Crippen MR) is 77.0 cm³/mol. The second-order valence-corrected chi connectivity index (χ2v) is 6.33. The summed E-state index contributed by atoms with van der Waals surface area (Å²) in [6.07, 6.45) is 3.15. The Morgan fingerprint density at radius 1 is 1.11 bits per heavy atom. The Morgan fingerprint density at radius 2 is 1.83 bits per heavy atom. The molecule has 0 amide bonds. The fourth-order valence-electron chi connectivity index (χ4n) is 2.23. The summed E-state index contributed by atoms with van der Waals surface area (Å²) in [7, 11) is 0. The Bertz CT molecular complexity index is 348. The second kappa shape index (κ2) is 5.70. The van der Waals surface area contributed by atoms with Crippen LogP contribution in [0.15, 0.2) is 24.4 Å². The van der Waals surface area contributed by atoms with Gasteiger partial charge in [-0.05, 0) is 30.5 Å². The molecule has 0 aliphatic carbocycles. The molecule has 3 nitrogen and oxygen atoms in total. The Kier molecular flexibility index (Phi) is 4.23. The molecule has 1 aromatic rings. The zero-order chi connectivity index (χ0) is 13.0. The molecule has 1 aliphatic heterocycles. The zero-order valence-electron chi connectivity index (χ0n) is 11.9. The summed E-state index contributed by atoms with van der Waals surface area (Å²) in [4.78, 5) is 9.38. The highest BCUT2D eigenvalue weighted by Gasteiger charge is 2.19. The minimum atomic E-state index is 0.443. The third-order valence-electron chi connectivity index (χ3n) is 3.52. The fraction of sp³-hybridized carbons (Fsp3) is 0.667. The van der Waals surface area contributed by atoms with Crippen LogP contribution in [0.1, 0.15) is 27.2 Å². The number of aromatic nitrogens is 1. The molecular formula is C15H25N3. The summed E-state index contributed by atoms with van der Waals surface area (Å²) >= 11 is 0. The quantitative estimate of drug-likeness (QED) is 0.818. The highest BCUT2D eigenvalue weighted by Crippen LogP contribution is 2.20. The lowest BCUT2D eigenvalue weighted by Gasteiger charge is -2.36. The van der Waals surface area contributed by atoms with Crippen LogP contribution in [0.2, 0.25) is 0 Å². The largest absolute Gasteiger partial charge is 0.354 e. The first-order valence-corrected chi connectivity index (χ1v) is 6.93. The molecule has 0 spiro atoms. The van der Waals surface area contributed by atoms with Gasteiger partial charge in [0.15, 0.2) is 0 Å². The van der Waals surface area contributed by atoms with E-state index in [1.54, 1.807) is 0 Å². The van der Waals surface area contributed by atoms with Crippen molar-refractivity contribution < 1.29 is 0 Å². The van der Waals surface area contributed by atoms with Crippen molar-refractivity contribution in [2.75, 3.05) is 37.6 Å². The summed E-state index contributed by atoms with van der Waals surface area (Å²) in [5, 5.41) is 0. The van der Waals surface area contributed by atoms with Crippen LogP contribution in [0, 0.1) is 5.41 Å². The van der Waals surface area contributed by atoms with Crippen molar-refractivity contribution in [2.45, 2.75) is 27.2 Å². The molecule has 1 aliphatic rings. The van der Waals surface area contributed by atoms with Crippen LogP contribution < -0.4 is 4.90 Å². The number of nitrogens with zero attached hydrogens (tertiary/aromatic N) is 3. The molecule has 2 rings (SSSR count). The molecule has 0 saturated carbocycles. The Labute approximate surface area is 111 Å². The lowest BCUT2D eigenvalue weighted by molar-refractivity contribution is 0.217. The van der Waals surface area contributed by atoms with Gasteiger partial charge in [-0.3, -0.25) is 4.90 Å². The van der Waals surface area contributed by atoms with Gasteiger partial charge in [0.25, 0.3) is 0 Å². The van der Waals surface area contributed by atoms with Crippen LogP contribution in [-0.4, -0.2) is 42.6 Å². The van der Waals surface area contributed by atoms with Gasteiger partial charge in [-0.2, -0.15) is 0 Å². The average molecular weight is 247 g/mol. The molecule has 100 valence electrons. The smallest absolute Gasteiger partial charge is 0.128 e. The van der Waals surface area contributed by atoms with E-state index in [9.17, 15) is 0 Å². The lowest BCUT2D eigenvalue weighted by atomic mass is 9.92. The minimum absolute atomic E-state index is 0.443. The van der Waals surface area contributed by atoms with E-state index in [1.807, 2.05) is 12.3 Å². The molecule has 0 aromatic carbocycles. The maximum absolute atomic E-state index is 4.42. The van der Waals surface area contributed by atoms with Gasteiger partial charge in [-0.1, -0.05) is 26.8 Å². The van der Waals surface area contributed by atoms with Gasteiger partial charge in [0.2, 0.25) is 0 Å². The Balaban J connectivity index is 1.78. The normalized spacial score (nSPS) is 18.1. The Morgan fingerprint density at radius 3 is 2.39 bits per heavy atom. The highest BCUT2D eigenvalue weighted by atomic mass is 15.3. The first-order chi connectivity index (χ1) is 8.54. The van der Waals surface area contributed by atoms with Gasteiger partial charge in [0.1, 0.15) is 5.82 Å². The molecule has 0 unspecified atom stereocenters. The van der Waals surface area contributed by atoms with E-state index in [4.69, 9.17) is 0 Å². The Hall–Kier alpha value is -1.09. The van der Waals surface area contributed by atoms with Crippen LogP contribution in [-0.2, 0) is 0 Å². The number of piperazine rings is 1. The summed E-state index contributed by atoms with van der Waals surface area (Å²) in [5.74, 6) is 1.12. The van der Waals surface area contributed by atoms with Crippen molar-refractivity contribution in [3.63, 3.8) is 0 Å². The van der Waals surface area contributed by atoms with Crippen LogP contribution in [0.4, 0.5) is 5.82 Å². The third kappa shape index (κ3) is 3.98. The van der Waals surface area contributed by atoms with E-state index in [0.717, 1.165) is 32.0 Å². The van der Waals surface area contributed by atoms with Gasteiger partial charge < -0.3 is 4.90 Å². The molecule has 0 N–H and O–H groups in total. The van der Waals surface area contributed by atoms with Crippen LogP contribution in [0.5, 0.6) is 0 Å². The molecule has 0 atom stereocenters. The summed E-state index contributed by atoms with van der Waals surface area (Å²) in [6.45, 7) is 12.7. The maximum atomic E-state index is 4.42. The maximum Gasteiger partial charge on any atom is 0.128 e. The van der Waals surface area contributed by atoms with E-state index in [0.29, 0.717) is 5.41 Å². The summed E-state index contributed by atoms with van der Waals surface area (Å²) in [6, 6.07) is 6.14. The number of anilines is 1. The van der Waals surface area contributed by atoms with Crippen molar-refractivity contribution in [1.29, 1.82) is 0 Å². The fourth-order valence-corrected chi connectivity index (χ4v) is 2.23. The minimum Gasteiger partial charge on any atom is -0.354 e. The van der Waals surface area contributed by atoms with E-state index >= 15 is 0 Å². The average Bonchev–Trinajstić information content (AvgIpc) is 2.37. The SMILES string of the molecule is CC(C)(C)CCN1CCN(c2ccccn2)CC1. The summed E-state index contributed by atoms with van der Waals surface area (Å²) in [5.41, 5.74) is 0.443. The molecule has 1 saturated heterocycles. The number of hydrogen-bond donors (Lipinski definition) is 0. The van der Waals surface area contributed by atoms with Crippen molar-refractivity contribution >= 4 is 5.82 Å². The van der Waals surface area contributed by atoms with E-state index in [1.165, 1.54) is 13.0 Å². The molecule has 2 heterocycles. The number of hydrogen-bond acceptors (Lipinski definition) is 3. The van der Waals surface area contributed by atoms with E-state index in [2.05, 4.69) is 47.7 Å². The molecule has 1 aromatic heterocycles. The summed E-state index contributed by atoms with van der Waals surface area (Å²) < 4.78 is 0. The van der Waals surface area contributed by atoms with E-state index in [-0.39, 0.29) is 0 Å². The molecule has 3 heteroatoms. The van der Waals surface area contributed by atoms with E-state index < -0.39 is 0 Å². The van der Waals surface area contributed by atoms with Gasteiger partial charge >= 0.3 is 0 Å². The monoisotopic (exact) mass is 247 g/mol. The van der Waals surface area contributed by atoms with Gasteiger partial charge in [0, 0.05) is 32.4 Å². The van der Waals surface area contributed by atoms with Crippen molar-refractivity contribution in [2.24, 2.45) is 5.41 Å². The van der Waals surface area contributed by atoms with Crippen LogP contribution in [0.3, 0.4) is 0 Å². The number of pyridine rings is 1. The molecule has 18 heavy (non-hydrogen) atoms. The first kappa shape index (κ1) is 13.3. The molecule has 0 radical (unpaired) electrons. The standard InChI is InChI=1S/C15H25N3/c1-15(2,3)7-9-17-10-12-18(13-11-17)14-6-4-5-8-16-14/h4-6,8H,7,9-13H2,1-3H3. The lowest BCUT2D eigenvalue weighted by Crippen LogP contribution is -2.47. The molecule has 1 fully saturated rings. The predicted octanol–water partition coefficient (Wildman–Crippen LogP) is 2.64. The van der Waals surface area contributed by atoms with Crippen LogP contribution >= 0.6 is 0 Å². The topological polar surface area (TPSA) is 19.4 Å². The van der Waals surface area contributed by atoms with Crippen LogP contribution in [0.25, 0.3) is 0 Å². The molecule has 0 bridgehead atoms. The molecular weight excluding hydrogens is 222 g/mol. The van der Waals surface area contributed by atoms with Crippen molar-refractivity contribution in [3.8, 4) is 0 Å². The van der Waals surface area contributed by atoms with Gasteiger partial charge in [-0.15, -0.1) is 0 Å². The van der Waals surface area contributed by atoms with Gasteiger partial charge in [0.05, 0.1) is 0 Å². The number of rotatable bonds is 3. The van der Waals surface area contributed by atoms with Crippen molar-refractivity contribution in [1.82, 2.24) is 9.88 Å². The zero-order valence-corrected chi connectivity index (χ0v) is 11.9. The van der Waals surface area contributed by atoms with Crippen molar-refractivity contribution in [3.05, 3.63) is 24.4 Å². The highest BCUT2D eigenvalue weighted by molar-refractivity contribution is 5.38. The third-order valence-corrected chi connectivity index (χ3v) is 3.52. The first-order valence-electron chi connectivity index (χ1n) is 6.93. The second-order valence-electron chi connectivity index (χ2n) is 6.33.